The van der Waals surface area contributed by atoms with Crippen LogP contribution in [0, 0.1) is 11.8 Å². The summed E-state index contributed by atoms with van der Waals surface area (Å²) < 4.78 is 1.50. The minimum Gasteiger partial charge on any atom is -0.382 e. The Morgan fingerprint density at radius 1 is 0.976 bits per heavy atom. The summed E-state index contributed by atoms with van der Waals surface area (Å²) in [6.07, 6.45) is 5.81. The van der Waals surface area contributed by atoms with Crippen molar-refractivity contribution >= 4 is 34.5 Å². The number of carbonyl (C=O) groups is 1. The Balaban J connectivity index is 1.43. The number of carbonyl (C=O) groups excluding carboxylic acids is 1. The zero-order valence-corrected chi connectivity index (χ0v) is 22.7. The highest BCUT2D eigenvalue weighted by atomic mass is 16.2. The second-order valence-electron chi connectivity index (χ2n) is 9.58. The molecule has 1 atom stereocenters. The maximum absolute atomic E-state index is 14.2. The number of amides is 1. The van der Waals surface area contributed by atoms with Crippen molar-refractivity contribution < 1.29 is 4.79 Å². The van der Waals surface area contributed by atoms with Crippen LogP contribution in [0.5, 0.6) is 0 Å². The van der Waals surface area contributed by atoms with Gasteiger partial charge in [-0.25, -0.2) is 15.0 Å². The first-order chi connectivity index (χ1) is 20.5. The predicted molar refractivity (Wildman–Crippen MR) is 163 cm³/mol. The Labute approximate surface area is 241 Å². The normalized spacial score (nSPS) is 12.8. The summed E-state index contributed by atoms with van der Waals surface area (Å²) in [5.41, 5.74) is 9.25. The first-order valence-electron chi connectivity index (χ1n) is 13.3. The summed E-state index contributed by atoms with van der Waals surface area (Å²) in [6.45, 7) is 1.75. The van der Waals surface area contributed by atoms with Crippen molar-refractivity contribution in [3.63, 3.8) is 0 Å². The summed E-state index contributed by atoms with van der Waals surface area (Å²) in [6, 6.07) is 23.4. The van der Waals surface area contributed by atoms with Gasteiger partial charge < -0.3 is 11.1 Å². The molecule has 3 heterocycles. The Bertz CT molecular complexity index is 2000. The van der Waals surface area contributed by atoms with Crippen LogP contribution in [0.4, 0.5) is 5.82 Å². The van der Waals surface area contributed by atoms with Crippen LogP contribution in [0.15, 0.2) is 101 Å². The third-order valence-corrected chi connectivity index (χ3v) is 6.71. The maximum Gasteiger partial charge on any atom is 0.274 e. The van der Waals surface area contributed by atoms with E-state index in [0.29, 0.717) is 45.8 Å². The maximum atomic E-state index is 14.2. The van der Waals surface area contributed by atoms with E-state index in [9.17, 15) is 9.59 Å². The zero-order valence-electron chi connectivity index (χ0n) is 22.7. The van der Waals surface area contributed by atoms with Gasteiger partial charge in [-0.05, 0) is 43.3 Å². The predicted octanol–water partition coefficient (Wildman–Crippen LogP) is 4.46. The monoisotopic (exact) mass is 551 g/mol. The van der Waals surface area contributed by atoms with Gasteiger partial charge in [-0.3, -0.25) is 19.1 Å². The molecule has 204 valence electrons. The molecule has 0 saturated heterocycles. The van der Waals surface area contributed by atoms with Crippen LogP contribution in [0.25, 0.3) is 22.3 Å². The van der Waals surface area contributed by atoms with Crippen LogP contribution < -0.4 is 16.6 Å². The number of fused-ring (bicyclic) bond motifs is 1. The number of anilines is 1. The van der Waals surface area contributed by atoms with E-state index in [1.807, 2.05) is 72.8 Å². The number of para-hydroxylation sites is 1. The number of hydrogen-bond donors (Lipinski definition) is 2. The standard InChI is InChI=1S/C33H25N7O2/c1-21(37-32(41)29-30(34)36-20-27(38-29)25-16-9-19-35-25)31-39-26-15-8-12-23(18-17-22-10-4-2-5-11-22)28(26)33(42)40(31)24-13-6-3-7-14-24/h2-8,10-16,19-21H,9H2,1H3,(H2,34,36)(H,37,41)/t21-/m1/s1. The molecule has 1 aliphatic heterocycles. The average molecular weight is 552 g/mol. The lowest BCUT2D eigenvalue weighted by molar-refractivity contribution is 0.0933. The first kappa shape index (κ1) is 26.3. The van der Waals surface area contributed by atoms with Gasteiger partial charge in [0.15, 0.2) is 11.5 Å². The fraction of sp³-hybridized carbons (Fsp3) is 0.0909. The van der Waals surface area contributed by atoms with Gasteiger partial charge in [0.05, 0.1) is 34.5 Å². The van der Waals surface area contributed by atoms with Gasteiger partial charge in [0, 0.05) is 23.8 Å². The van der Waals surface area contributed by atoms with Crippen LogP contribution in [-0.2, 0) is 0 Å². The summed E-state index contributed by atoms with van der Waals surface area (Å²) >= 11 is 0. The zero-order chi connectivity index (χ0) is 29.1. The SMILES string of the molecule is C[C@@H](NC(=O)c1nc(C2=CCC=N2)cnc1N)c1nc2cccc(C#Cc3ccccc3)c2c(=O)n1-c1ccccc1. The number of aromatic nitrogens is 4. The van der Waals surface area contributed by atoms with E-state index in [2.05, 4.69) is 32.1 Å². The van der Waals surface area contributed by atoms with Crippen LogP contribution in [0.3, 0.4) is 0 Å². The minimum atomic E-state index is -0.706. The van der Waals surface area contributed by atoms with Crippen molar-refractivity contribution in [1.29, 1.82) is 0 Å². The van der Waals surface area contributed by atoms with Crippen LogP contribution in [0.1, 0.15) is 52.5 Å². The minimum absolute atomic E-state index is 0.0143. The average Bonchev–Trinajstić information content (AvgIpc) is 3.56. The molecule has 1 aliphatic rings. The van der Waals surface area contributed by atoms with Crippen LogP contribution in [0.2, 0.25) is 0 Å². The highest BCUT2D eigenvalue weighted by Gasteiger charge is 2.23. The Hall–Kier alpha value is -5.88. The van der Waals surface area contributed by atoms with Crippen molar-refractivity contribution in [3.05, 3.63) is 130 Å². The molecule has 0 spiro atoms. The van der Waals surface area contributed by atoms with Crippen LogP contribution in [-0.4, -0.2) is 31.6 Å². The Morgan fingerprint density at radius 3 is 2.48 bits per heavy atom. The fourth-order valence-electron chi connectivity index (χ4n) is 4.69. The van der Waals surface area contributed by atoms with Crippen molar-refractivity contribution in [3.8, 4) is 17.5 Å². The molecule has 1 amide bonds. The number of hydrogen-bond acceptors (Lipinski definition) is 7. The largest absolute Gasteiger partial charge is 0.382 e. The number of nitrogen functional groups attached to an aromatic ring is 1. The molecule has 9 nitrogen and oxygen atoms in total. The van der Waals surface area contributed by atoms with E-state index in [0.717, 1.165) is 5.56 Å². The van der Waals surface area contributed by atoms with Gasteiger partial charge in [0.1, 0.15) is 11.5 Å². The molecular formula is C33H25N7O2. The Morgan fingerprint density at radius 2 is 1.74 bits per heavy atom. The van der Waals surface area contributed by atoms with Crippen LogP contribution >= 0.6 is 0 Å². The molecule has 3 N–H and O–H groups in total. The summed E-state index contributed by atoms with van der Waals surface area (Å²) in [5.74, 6) is 6.05. The van der Waals surface area contributed by atoms with E-state index in [4.69, 9.17) is 10.7 Å². The molecule has 0 aliphatic carbocycles. The van der Waals surface area contributed by atoms with E-state index in [-0.39, 0.29) is 17.1 Å². The van der Waals surface area contributed by atoms with Crippen molar-refractivity contribution in [1.82, 2.24) is 24.8 Å². The first-order valence-corrected chi connectivity index (χ1v) is 13.3. The molecule has 0 saturated carbocycles. The summed E-state index contributed by atoms with van der Waals surface area (Å²) in [4.78, 5) is 45.3. The molecule has 0 fully saturated rings. The van der Waals surface area contributed by atoms with Gasteiger partial charge in [0.2, 0.25) is 0 Å². The van der Waals surface area contributed by atoms with E-state index in [1.54, 1.807) is 25.3 Å². The molecule has 5 aromatic rings. The third kappa shape index (κ3) is 5.17. The summed E-state index contributed by atoms with van der Waals surface area (Å²) in [7, 11) is 0. The molecule has 9 heteroatoms. The second kappa shape index (κ2) is 11.3. The third-order valence-electron chi connectivity index (χ3n) is 6.71. The lowest BCUT2D eigenvalue weighted by atomic mass is 10.1. The quantitative estimate of drug-likeness (QED) is 0.310. The molecule has 0 bridgehead atoms. The number of nitrogens with zero attached hydrogens (tertiary/aromatic N) is 5. The highest BCUT2D eigenvalue weighted by Crippen LogP contribution is 2.22. The molecule has 2 aromatic heterocycles. The van der Waals surface area contributed by atoms with Gasteiger partial charge >= 0.3 is 0 Å². The Kier molecular flexibility index (Phi) is 7.10. The number of benzene rings is 3. The lowest BCUT2D eigenvalue weighted by Gasteiger charge is -2.20. The summed E-state index contributed by atoms with van der Waals surface area (Å²) in [5, 5.41) is 3.29. The number of aliphatic imine (C=N–C) groups is 1. The lowest BCUT2D eigenvalue weighted by Crippen LogP contribution is -2.34. The number of rotatable bonds is 5. The number of allylic oxidation sites excluding steroid dienone is 1. The second-order valence-corrected chi connectivity index (χ2v) is 9.58. The van der Waals surface area contributed by atoms with Crippen molar-refractivity contribution in [2.24, 2.45) is 4.99 Å². The van der Waals surface area contributed by atoms with Gasteiger partial charge in [0.25, 0.3) is 11.5 Å². The molecule has 6 rings (SSSR count). The van der Waals surface area contributed by atoms with Crippen molar-refractivity contribution in [2.75, 3.05) is 5.73 Å². The number of nitrogens with two attached hydrogens (primary N) is 1. The van der Waals surface area contributed by atoms with Gasteiger partial charge in [-0.2, -0.15) is 0 Å². The van der Waals surface area contributed by atoms with Gasteiger partial charge in [-0.15, -0.1) is 0 Å². The highest BCUT2D eigenvalue weighted by molar-refractivity contribution is 5.97. The number of nitrogens with one attached hydrogen (secondary N) is 1. The molecule has 42 heavy (non-hydrogen) atoms. The van der Waals surface area contributed by atoms with Crippen molar-refractivity contribution in [2.45, 2.75) is 19.4 Å². The molecule has 0 radical (unpaired) electrons. The van der Waals surface area contributed by atoms with E-state index in [1.165, 1.54) is 10.8 Å². The molecule has 3 aromatic carbocycles. The topological polar surface area (TPSA) is 128 Å². The van der Waals surface area contributed by atoms with E-state index >= 15 is 0 Å². The van der Waals surface area contributed by atoms with Gasteiger partial charge in [-0.1, -0.05) is 60.4 Å². The smallest absolute Gasteiger partial charge is 0.274 e. The molecule has 0 unspecified atom stereocenters. The van der Waals surface area contributed by atoms with E-state index < -0.39 is 11.9 Å². The molecular weight excluding hydrogens is 526 g/mol. The fourth-order valence-corrected chi connectivity index (χ4v) is 4.69.